The van der Waals surface area contributed by atoms with E-state index in [9.17, 15) is 4.79 Å². The first-order valence-electron chi connectivity index (χ1n) is 4.53. The molecule has 2 heterocycles. The van der Waals surface area contributed by atoms with E-state index < -0.39 is 0 Å². The van der Waals surface area contributed by atoms with Crippen molar-refractivity contribution >= 4 is 5.78 Å². The Labute approximate surface area is 86.5 Å². The van der Waals surface area contributed by atoms with E-state index in [4.69, 9.17) is 0 Å². The molecule has 15 heavy (non-hydrogen) atoms. The van der Waals surface area contributed by atoms with Gasteiger partial charge in [-0.05, 0) is 19.1 Å². The third-order valence-electron chi connectivity index (χ3n) is 2.07. The molecule has 76 valence electrons. The second kappa shape index (κ2) is 3.61. The van der Waals surface area contributed by atoms with E-state index in [1.165, 1.54) is 6.92 Å². The highest BCUT2D eigenvalue weighted by Gasteiger charge is 2.12. The average molecular weight is 202 g/mol. The average Bonchev–Trinajstić information content (AvgIpc) is 2.67. The Morgan fingerprint density at radius 1 is 1.33 bits per heavy atom. The summed E-state index contributed by atoms with van der Waals surface area (Å²) in [6.07, 6.45) is 1.58. The van der Waals surface area contributed by atoms with Crippen LogP contribution in [0.3, 0.4) is 0 Å². The fourth-order valence-corrected chi connectivity index (χ4v) is 1.29. The fourth-order valence-electron chi connectivity index (χ4n) is 1.29. The van der Waals surface area contributed by atoms with Crippen LogP contribution in [0.2, 0.25) is 0 Å². The second-order valence-electron chi connectivity index (χ2n) is 3.27. The Bertz CT molecular complexity index is 486. The lowest BCUT2D eigenvalue weighted by atomic mass is 10.1. The molecule has 2 aromatic heterocycles. The van der Waals surface area contributed by atoms with E-state index in [2.05, 4.69) is 20.4 Å². The number of hydrogen-bond acceptors (Lipinski definition) is 4. The Kier molecular flexibility index (Phi) is 2.29. The molecule has 0 aliphatic rings. The number of rotatable bonds is 2. The third kappa shape index (κ3) is 1.76. The number of carbonyl (C=O) groups is 1. The van der Waals surface area contributed by atoms with Crippen molar-refractivity contribution in [3.8, 4) is 11.3 Å². The van der Waals surface area contributed by atoms with Crippen LogP contribution in [0.15, 0.2) is 18.3 Å². The van der Waals surface area contributed by atoms with E-state index >= 15 is 0 Å². The van der Waals surface area contributed by atoms with Crippen molar-refractivity contribution in [3.05, 3.63) is 29.7 Å². The summed E-state index contributed by atoms with van der Waals surface area (Å²) in [5.41, 5.74) is 2.65. The van der Waals surface area contributed by atoms with Gasteiger partial charge in [0.2, 0.25) is 0 Å². The van der Waals surface area contributed by atoms with Crippen LogP contribution >= 0.6 is 0 Å². The Balaban J connectivity index is 2.49. The second-order valence-corrected chi connectivity index (χ2v) is 3.27. The molecule has 0 atom stereocenters. The van der Waals surface area contributed by atoms with Gasteiger partial charge in [-0.2, -0.15) is 15.3 Å². The summed E-state index contributed by atoms with van der Waals surface area (Å²) >= 11 is 0. The number of aromatic nitrogens is 4. The van der Waals surface area contributed by atoms with Crippen LogP contribution in [0.1, 0.15) is 23.1 Å². The number of carbonyl (C=O) groups excluding carboxylic acids is 1. The zero-order valence-electron chi connectivity index (χ0n) is 8.48. The molecular formula is C10H10N4O. The molecule has 1 N–H and O–H groups in total. The van der Waals surface area contributed by atoms with Gasteiger partial charge in [-0.25, -0.2) is 0 Å². The summed E-state index contributed by atoms with van der Waals surface area (Å²) in [6, 6.07) is 3.67. The number of hydrogen-bond donors (Lipinski definition) is 1. The molecule has 0 aromatic carbocycles. The SMILES string of the molecule is CC(=O)c1[nH]ncc1-c1ccc(C)nn1. The van der Waals surface area contributed by atoms with Crippen molar-refractivity contribution in [2.75, 3.05) is 0 Å². The smallest absolute Gasteiger partial charge is 0.178 e. The van der Waals surface area contributed by atoms with E-state index in [0.717, 1.165) is 5.69 Å². The minimum absolute atomic E-state index is 0.0649. The summed E-state index contributed by atoms with van der Waals surface area (Å²) in [5, 5.41) is 14.4. The quantitative estimate of drug-likeness (QED) is 0.747. The van der Waals surface area contributed by atoms with Gasteiger partial charge in [0, 0.05) is 6.92 Å². The summed E-state index contributed by atoms with van der Waals surface area (Å²) in [7, 11) is 0. The topological polar surface area (TPSA) is 71.5 Å². The minimum atomic E-state index is -0.0649. The lowest BCUT2D eigenvalue weighted by molar-refractivity contribution is 0.101. The van der Waals surface area contributed by atoms with Gasteiger partial charge in [-0.1, -0.05) is 0 Å². The lowest BCUT2D eigenvalue weighted by Gasteiger charge is -1.98. The number of H-pyrrole nitrogens is 1. The van der Waals surface area contributed by atoms with Gasteiger partial charge in [-0.15, -0.1) is 0 Å². The summed E-state index contributed by atoms with van der Waals surface area (Å²) < 4.78 is 0. The first-order valence-corrected chi connectivity index (χ1v) is 4.53. The van der Waals surface area contributed by atoms with Gasteiger partial charge >= 0.3 is 0 Å². The van der Waals surface area contributed by atoms with E-state index in [0.29, 0.717) is 17.0 Å². The maximum Gasteiger partial charge on any atom is 0.178 e. The summed E-state index contributed by atoms with van der Waals surface area (Å²) in [5.74, 6) is -0.0649. The highest BCUT2D eigenvalue weighted by molar-refractivity contribution is 5.98. The molecule has 0 radical (unpaired) electrons. The molecule has 0 saturated heterocycles. The molecule has 0 spiro atoms. The van der Waals surface area contributed by atoms with E-state index in [1.54, 1.807) is 6.20 Å². The maximum absolute atomic E-state index is 11.2. The van der Waals surface area contributed by atoms with Crippen LogP contribution < -0.4 is 0 Å². The molecular weight excluding hydrogens is 192 g/mol. The van der Waals surface area contributed by atoms with Gasteiger partial charge in [0.1, 0.15) is 5.69 Å². The molecule has 5 heteroatoms. The van der Waals surface area contributed by atoms with Crippen molar-refractivity contribution in [3.63, 3.8) is 0 Å². The van der Waals surface area contributed by atoms with Gasteiger partial charge in [0.15, 0.2) is 5.78 Å². The molecule has 5 nitrogen and oxygen atoms in total. The maximum atomic E-state index is 11.2. The van der Waals surface area contributed by atoms with E-state index in [-0.39, 0.29) is 5.78 Å². The normalized spacial score (nSPS) is 10.3. The molecule has 0 fully saturated rings. The third-order valence-corrected chi connectivity index (χ3v) is 2.07. The monoisotopic (exact) mass is 202 g/mol. The molecule has 0 amide bonds. The Hall–Kier alpha value is -2.04. The molecule has 2 aromatic rings. The zero-order valence-corrected chi connectivity index (χ0v) is 8.48. The number of aryl methyl sites for hydroxylation is 1. The largest absolute Gasteiger partial charge is 0.293 e. The number of Topliss-reactive ketones (excluding diaryl/α,β-unsaturated/α-hetero) is 1. The van der Waals surface area contributed by atoms with Crippen LogP contribution in [-0.2, 0) is 0 Å². The molecule has 0 bridgehead atoms. The predicted molar refractivity (Wildman–Crippen MR) is 54.4 cm³/mol. The van der Waals surface area contributed by atoms with Crippen molar-refractivity contribution in [2.45, 2.75) is 13.8 Å². The van der Waals surface area contributed by atoms with Crippen molar-refractivity contribution in [1.82, 2.24) is 20.4 Å². The molecule has 0 aliphatic carbocycles. The first-order chi connectivity index (χ1) is 7.18. The van der Waals surface area contributed by atoms with Crippen molar-refractivity contribution in [2.24, 2.45) is 0 Å². The predicted octanol–water partition coefficient (Wildman–Crippen LogP) is 1.38. The Morgan fingerprint density at radius 3 is 2.73 bits per heavy atom. The number of aromatic amines is 1. The molecule has 0 saturated carbocycles. The number of nitrogens with one attached hydrogen (secondary N) is 1. The molecule has 0 unspecified atom stereocenters. The van der Waals surface area contributed by atoms with Gasteiger partial charge in [0.25, 0.3) is 0 Å². The zero-order chi connectivity index (χ0) is 10.8. The van der Waals surface area contributed by atoms with Crippen LogP contribution in [-0.4, -0.2) is 26.2 Å². The fraction of sp³-hybridized carbons (Fsp3) is 0.200. The van der Waals surface area contributed by atoms with Gasteiger partial charge in [-0.3, -0.25) is 9.89 Å². The van der Waals surface area contributed by atoms with Crippen molar-refractivity contribution < 1.29 is 4.79 Å². The highest BCUT2D eigenvalue weighted by atomic mass is 16.1. The summed E-state index contributed by atoms with van der Waals surface area (Å²) in [6.45, 7) is 3.34. The first kappa shape index (κ1) is 9.51. The standard InChI is InChI=1S/C10H10N4O/c1-6-3-4-9(13-12-6)8-5-11-14-10(8)7(2)15/h3-5H,1-2H3,(H,11,14). The van der Waals surface area contributed by atoms with Gasteiger partial charge in [0.05, 0.1) is 23.1 Å². The molecule has 0 aliphatic heterocycles. The number of ketones is 1. The molecule has 2 rings (SSSR count). The van der Waals surface area contributed by atoms with E-state index in [1.807, 2.05) is 19.1 Å². The summed E-state index contributed by atoms with van der Waals surface area (Å²) in [4.78, 5) is 11.2. The van der Waals surface area contributed by atoms with Crippen LogP contribution in [0.4, 0.5) is 0 Å². The van der Waals surface area contributed by atoms with Gasteiger partial charge < -0.3 is 0 Å². The lowest BCUT2D eigenvalue weighted by Crippen LogP contribution is -1.97. The van der Waals surface area contributed by atoms with Crippen LogP contribution in [0.25, 0.3) is 11.3 Å². The van der Waals surface area contributed by atoms with Crippen LogP contribution in [0, 0.1) is 6.92 Å². The minimum Gasteiger partial charge on any atom is -0.293 e. The van der Waals surface area contributed by atoms with Crippen molar-refractivity contribution in [1.29, 1.82) is 0 Å². The Morgan fingerprint density at radius 2 is 2.13 bits per heavy atom. The highest BCUT2D eigenvalue weighted by Crippen LogP contribution is 2.19. The van der Waals surface area contributed by atoms with Crippen LogP contribution in [0.5, 0.6) is 0 Å². The number of nitrogens with zero attached hydrogens (tertiary/aromatic N) is 3.